The minimum Gasteiger partial charge on any atom is -0.480 e. The van der Waals surface area contributed by atoms with E-state index >= 15 is 33.6 Å². The molecule has 34 N–H and O–H groups in total. The van der Waals surface area contributed by atoms with Crippen molar-refractivity contribution in [3.05, 3.63) is 144 Å². The van der Waals surface area contributed by atoms with Crippen molar-refractivity contribution in [3.8, 4) is 0 Å². The molecule has 8 rings (SSSR count). The standard InChI is InChI=1S/C90H132N26O13/c1-51(2)75(95)87(127)111-68(34-16-20-40-94)78(118)108-70(36-22-42-101-90(98)99)82(122)112-71(43-53-47-102-61-27-9-5-23-57(53)61)83(123)109-65(31-13-17-37-91)77(117)106-66(32-14-18-38-92)80(120)113-73(45-55-49-104-63-29-11-7-25-59(55)63)85(125)115-72(44-54-48-103-62-28-10-6-24-58(54)62)84(124)110-69(35-21-41-100-89(96)97)79(119)107-67(33-15-19-39-93)81(121)114-74(86(126)116-76(52(3)4)88(128)129)46-56-50-105-64-30-12-8-26-60(56)64/h5-12,23-30,47-52,65-76,102-105H,13-22,31-46,91-95H2,1-4H3,(H,106,117)(H,107,119)(H,108,118)(H,109,123)(H,110,124)(H,111,127)(H,112,122)(H,113,120)(H,114,121)(H,115,125)(H,116,126)(H,128,129)(H4,96,97,100)(H4,98,99,101)/t65-,66-,67-,68-,69-,70-,71-,72-,73-,74-,75-,76-/m0/s1. The van der Waals surface area contributed by atoms with Gasteiger partial charge in [-0.25, -0.2) is 4.79 Å². The summed E-state index contributed by atoms with van der Waals surface area (Å²) in [7, 11) is 0. The van der Waals surface area contributed by atoms with Gasteiger partial charge in [0, 0.05) is 107 Å². The highest BCUT2D eigenvalue weighted by Gasteiger charge is 2.39. The van der Waals surface area contributed by atoms with Crippen molar-refractivity contribution in [2.45, 2.75) is 229 Å². The zero-order valence-electron chi connectivity index (χ0n) is 73.9. The molecular formula is C90H132N26O13. The minimum absolute atomic E-state index is 0.0253. The first-order valence-corrected chi connectivity index (χ1v) is 44.4. The number of aliphatic carboxylic acids is 1. The summed E-state index contributed by atoms with van der Waals surface area (Å²) in [4.78, 5) is 191. The molecule has 11 amide bonds. The molecule has 4 aromatic heterocycles. The Hall–Kier alpha value is -13.0. The van der Waals surface area contributed by atoms with E-state index in [0.717, 1.165) is 10.9 Å². The Kier molecular flexibility index (Phi) is 40.7. The molecule has 0 saturated carbocycles. The molecule has 4 aromatic carbocycles. The zero-order valence-corrected chi connectivity index (χ0v) is 73.9. The molecule has 0 aliphatic carbocycles. The van der Waals surface area contributed by atoms with Gasteiger partial charge in [0.15, 0.2) is 11.9 Å². The van der Waals surface area contributed by atoms with Crippen molar-refractivity contribution >= 4 is 126 Å². The maximum Gasteiger partial charge on any atom is 0.326 e. The van der Waals surface area contributed by atoms with Crippen LogP contribution in [0.2, 0.25) is 0 Å². The van der Waals surface area contributed by atoms with Crippen LogP contribution >= 0.6 is 0 Å². The van der Waals surface area contributed by atoms with Crippen LogP contribution in [0.1, 0.15) is 153 Å². The average molecular weight is 1790 g/mol. The summed E-state index contributed by atoms with van der Waals surface area (Å²) in [6.07, 6.45) is 8.89. The van der Waals surface area contributed by atoms with Gasteiger partial charge >= 0.3 is 5.97 Å². The molecular weight excluding hydrogens is 1650 g/mol. The lowest BCUT2D eigenvalue weighted by molar-refractivity contribution is -0.143. The summed E-state index contributed by atoms with van der Waals surface area (Å²) < 4.78 is 0. The van der Waals surface area contributed by atoms with Gasteiger partial charge in [-0.05, 0) is 187 Å². The number of hydrogen-bond acceptors (Lipinski definition) is 19. The Morgan fingerprint density at radius 3 is 0.752 bits per heavy atom. The third kappa shape index (κ3) is 31.2. The molecule has 700 valence electrons. The van der Waals surface area contributed by atoms with Crippen molar-refractivity contribution in [1.29, 1.82) is 10.8 Å². The number of rotatable bonds is 57. The SMILES string of the molecule is CC(C)[C@H](N)C(=O)N[C@@H](CCCCN)C(=O)N[C@@H](CCCNC(=N)N)C(=O)N[C@@H](Cc1c[nH]c2ccccc12)C(=O)N[C@@H](CCCCN)C(=O)N[C@@H](CCCCN)C(=O)N[C@@H](Cc1c[nH]c2ccccc12)C(=O)N[C@@H](Cc1c[nH]c2ccccc12)C(=O)N[C@@H](CCCNC(=N)N)C(=O)N[C@@H](CCCCN)C(=O)N[C@@H](Cc1c[nH]c2ccccc12)C(=O)N[C@H](C(=O)O)C(C)C. The first kappa shape index (κ1) is 101. The number of amides is 11. The van der Waals surface area contributed by atoms with Crippen LogP contribution in [-0.2, 0) is 83.2 Å². The van der Waals surface area contributed by atoms with Crippen LogP contribution in [0.3, 0.4) is 0 Å². The van der Waals surface area contributed by atoms with Crippen molar-refractivity contribution in [3.63, 3.8) is 0 Å². The topological polar surface area (TPSA) is 674 Å². The van der Waals surface area contributed by atoms with E-state index in [1.807, 2.05) is 60.7 Å². The number of carbonyl (C=O) groups is 12. The second-order valence-corrected chi connectivity index (χ2v) is 33.3. The quantitative estimate of drug-likeness (QED) is 0.0143. The van der Waals surface area contributed by atoms with E-state index in [-0.39, 0.29) is 140 Å². The summed E-state index contributed by atoms with van der Waals surface area (Å²) in [5.74, 6) is -11.9. The van der Waals surface area contributed by atoms with Crippen LogP contribution in [0, 0.1) is 22.7 Å². The van der Waals surface area contributed by atoms with E-state index in [1.165, 1.54) is 0 Å². The van der Waals surface area contributed by atoms with Crippen LogP contribution in [0.25, 0.3) is 43.6 Å². The lowest BCUT2D eigenvalue weighted by atomic mass is 10.00. The lowest BCUT2D eigenvalue weighted by Crippen LogP contribution is -2.61. The lowest BCUT2D eigenvalue weighted by Gasteiger charge is -2.29. The molecule has 0 fully saturated rings. The van der Waals surface area contributed by atoms with Crippen LogP contribution in [-0.4, -0.2) is 220 Å². The predicted molar refractivity (Wildman–Crippen MR) is 494 cm³/mol. The molecule has 0 saturated heterocycles. The van der Waals surface area contributed by atoms with E-state index in [2.05, 4.69) is 89.1 Å². The molecule has 4 heterocycles. The molecule has 0 unspecified atom stereocenters. The van der Waals surface area contributed by atoms with Gasteiger partial charge in [0.2, 0.25) is 65.0 Å². The Labute approximate surface area is 749 Å². The number of carboxylic acid groups (broad SMARTS) is 1. The second kappa shape index (κ2) is 51.7. The summed E-state index contributed by atoms with van der Waals surface area (Å²) in [5, 5.41) is 65.1. The van der Waals surface area contributed by atoms with Crippen molar-refractivity contribution in [1.82, 2.24) is 89.1 Å². The normalized spacial score (nSPS) is 14.3. The maximum atomic E-state index is 15.9. The summed E-state index contributed by atoms with van der Waals surface area (Å²) in [6, 6.07) is 12.3. The highest BCUT2D eigenvalue weighted by atomic mass is 16.4. The average Bonchev–Trinajstić information content (AvgIpc) is 1.65. The molecule has 39 nitrogen and oxygen atoms in total. The van der Waals surface area contributed by atoms with Gasteiger partial charge in [-0.15, -0.1) is 0 Å². The largest absolute Gasteiger partial charge is 0.480 e. The van der Waals surface area contributed by atoms with Gasteiger partial charge < -0.3 is 134 Å². The maximum absolute atomic E-state index is 15.9. The summed E-state index contributed by atoms with van der Waals surface area (Å²) >= 11 is 0. The molecule has 39 heteroatoms. The molecule has 129 heavy (non-hydrogen) atoms. The number of para-hydroxylation sites is 4. The number of H-pyrrole nitrogens is 4. The fourth-order valence-electron chi connectivity index (χ4n) is 15.4. The first-order chi connectivity index (χ1) is 61.9. The number of unbranched alkanes of at least 4 members (excludes halogenated alkanes) is 4. The third-order valence-corrected chi connectivity index (χ3v) is 22.7. The van der Waals surface area contributed by atoms with Gasteiger partial charge in [0.05, 0.1) is 6.04 Å². The van der Waals surface area contributed by atoms with E-state index in [4.69, 9.17) is 51.0 Å². The number of hydrogen-bond donors (Lipinski definition) is 27. The van der Waals surface area contributed by atoms with Crippen molar-refractivity contribution in [2.24, 2.45) is 52.0 Å². The smallest absolute Gasteiger partial charge is 0.326 e. The summed E-state index contributed by atoms with van der Waals surface area (Å²) in [5.41, 5.74) is 46.5. The van der Waals surface area contributed by atoms with Gasteiger partial charge in [-0.2, -0.15) is 0 Å². The van der Waals surface area contributed by atoms with Crippen LogP contribution in [0.15, 0.2) is 122 Å². The van der Waals surface area contributed by atoms with Crippen LogP contribution in [0.4, 0.5) is 0 Å². The number of nitrogens with two attached hydrogens (primary N) is 7. The molecule has 0 aliphatic rings. The second-order valence-electron chi connectivity index (χ2n) is 33.3. The molecule has 0 bridgehead atoms. The van der Waals surface area contributed by atoms with E-state index in [9.17, 15) is 29.1 Å². The zero-order chi connectivity index (χ0) is 93.6. The number of benzene rings is 4. The number of aromatic nitrogens is 4. The van der Waals surface area contributed by atoms with Crippen LogP contribution in [0.5, 0.6) is 0 Å². The molecule has 8 aromatic rings. The van der Waals surface area contributed by atoms with Gasteiger partial charge in [0.1, 0.15) is 66.5 Å². The van der Waals surface area contributed by atoms with E-state index in [1.54, 1.807) is 88.9 Å². The first-order valence-electron chi connectivity index (χ1n) is 44.4. The minimum atomic E-state index is -1.57. The number of carboxylic acids is 1. The predicted octanol–water partition coefficient (Wildman–Crippen LogP) is 0.982. The van der Waals surface area contributed by atoms with Crippen LogP contribution < -0.4 is 109 Å². The monoisotopic (exact) mass is 1790 g/mol. The van der Waals surface area contributed by atoms with Gasteiger partial charge in [-0.3, -0.25) is 63.6 Å². The highest BCUT2D eigenvalue weighted by Crippen LogP contribution is 2.26. The van der Waals surface area contributed by atoms with Gasteiger partial charge in [-0.1, -0.05) is 100 Å². The molecule has 0 radical (unpaired) electrons. The van der Waals surface area contributed by atoms with Gasteiger partial charge in [0.25, 0.3) is 0 Å². The Morgan fingerprint density at radius 1 is 0.310 bits per heavy atom. The number of aromatic amines is 4. The van der Waals surface area contributed by atoms with Crippen molar-refractivity contribution < 1.29 is 62.6 Å². The highest BCUT2D eigenvalue weighted by molar-refractivity contribution is 6.01. The third-order valence-electron chi connectivity index (χ3n) is 22.7. The Balaban J connectivity index is 1.12. The fourth-order valence-corrected chi connectivity index (χ4v) is 15.4. The number of fused-ring (bicyclic) bond motifs is 4. The summed E-state index contributed by atoms with van der Waals surface area (Å²) in [6.45, 7) is 7.77. The number of carbonyl (C=O) groups excluding carboxylic acids is 11. The van der Waals surface area contributed by atoms with E-state index < -0.39 is 149 Å². The number of guanidine groups is 2. The van der Waals surface area contributed by atoms with Crippen molar-refractivity contribution in [2.75, 3.05) is 39.3 Å². The Morgan fingerprint density at radius 2 is 0.527 bits per heavy atom. The molecule has 0 spiro atoms. The Bertz CT molecular complexity index is 5080. The molecule has 12 atom stereocenters. The number of nitrogens with one attached hydrogen (secondary N) is 19. The fraction of sp³-hybridized carbons (Fsp3) is 0.489. The van der Waals surface area contributed by atoms with E-state index in [0.29, 0.717) is 100 Å². The molecule has 0 aliphatic heterocycles.